The highest BCUT2D eigenvalue weighted by Gasteiger charge is 2.31. The van der Waals surface area contributed by atoms with E-state index >= 15 is 0 Å². The summed E-state index contributed by atoms with van der Waals surface area (Å²) in [5.41, 5.74) is 8.15. The molecular formula is C26H21F4NO4. The number of furan rings is 1. The number of esters is 1. The maximum absolute atomic E-state index is 13.9. The Kier molecular flexibility index (Phi) is 6.79. The molecule has 0 spiro atoms. The van der Waals surface area contributed by atoms with E-state index in [0.29, 0.717) is 28.6 Å². The third kappa shape index (κ3) is 5.46. The van der Waals surface area contributed by atoms with Gasteiger partial charge < -0.3 is 19.6 Å². The number of ether oxygens (including phenoxy) is 2. The molecule has 4 aromatic rings. The molecule has 0 saturated carbocycles. The number of rotatable bonds is 7. The van der Waals surface area contributed by atoms with Gasteiger partial charge in [-0.25, -0.2) is 0 Å². The van der Waals surface area contributed by atoms with Gasteiger partial charge >= 0.3 is 12.1 Å². The average Bonchev–Trinajstić information content (AvgIpc) is 3.22. The van der Waals surface area contributed by atoms with Gasteiger partial charge in [-0.05, 0) is 47.0 Å². The Morgan fingerprint density at radius 2 is 1.83 bits per heavy atom. The fourth-order valence-corrected chi connectivity index (χ4v) is 3.75. The van der Waals surface area contributed by atoms with Crippen molar-refractivity contribution in [1.82, 2.24) is 0 Å². The first kappa shape index (κ1) is 24.3. The summed E-state index contributed by atoms with van der Waals surface area (Å²) >= 11 is 0. The predicted molar refractivity (Wildman–Crippen MR) is 121 cm³/mol. The van der Waals surface area contributed by atoms with Gasteiger partial charge in [-0.3, -0.25) is 4.79 Å². The summed E-state index contributed by atoms with van der Waals surface area (Å²) < 4.78 is 69.4. The molecule has 182 valence electrons. The molecule has 0 radical (unpaired) electrons. The van der Waals surface area contributed by atoms with Crippen molar-refractivity contribution in [2.24, 2.45) is 5.73 Å². The molecule has 2 N–H and O–H groups in total. The molecule has 0 atom stereocenters. The van der Waals surface area contributed by atoms with E-state index in [1.54, 1.807) is 12.1 Å². The second kappa shape index (κ2) is 9.79. The standard InChI is InChI=1S/C26H21F4NO4/c1-33-24(32)11-18-5-6-20(26(28,29)30)12-22(18)34-14-16-8-19-10-23(27)35-25(19)21(9-16)17-4-2-3-15(7-17)13-31/h2-10,12H,11,13-14,31H2,1H3. The van der Waals surface area contributed by atoms with Crippen molar-refractivity contribution in [3.63, 3.8) is 0 Å². The highest BCUT2D eigenvalue weighted by atomic mass is 19.4. The summed E-state index contributed by atoms with van der Waals surface area (Å²) in [6.45, 7) is 0.173. The van der Waals surface area contributed by atoms with Crippen molar-refractivity contribution in [2.45, 2.75) is 25.7 Å². The van der Waals surface area contributed by atoms with Gasteiger partial charge in [0.1, 0.15) is 17.9 Å². The second-order valence-corrected chi connectivity index (χ2v) is 7.88. The van der Waals surface area contributed by atoms with Crippen LogP contribution in [0.15, 0.2) is 65.1 Å². The molecule has 0 aliphatic rings. The van der Waals surface area contributed by atoms with Gasteiger partial charge in [0.05, 0.1) is 19.1 Å². The quantitative estimate of drug-likeness (QED) is 0.255. The highest BCUT2D eigenvalue weighted by Crippen LogP contribution is 2.35. The number of methoxy groups -OCH3 is 1. The summed E-state index contributed by atoms with van der Waals surface area (Å²) in [5, 5.41) is 0.468. The third-order valence-corrected chi connectivity index (χ3v) is 5.47. The number of halogens is 4. The van der Waals surface area contributed by atoms with Gasteiger partial charge in [-0.2, -0.15) is 17.6 Å². The van der Waals surface area contributed by atoms with Gasteiger partial charge in [0.2, 0.25) is 0 Å². The number of carbonyl (C=O) groups excluding carboxylic acids is 1. The summed E-state index contributed by atoms with van der Waals surface area (Å²) in [5.74, 6) is -0.720. The van der Waals surface area contributed by atoms with Crippen LogP contribution in [-0.4, -0.2) is 13.1 Å². The van der Waals surface area contributed by atoms with Crippen molar-refractivity contribution >= 4 is 16.9 Å². The lowest BCUT2D eigenvalue weighted by Gasteiger charge is -2.15. The maximum Gasteiger partial charge on any atom is 0.416 e. The SMILES string of the molecule is COC(=O)Cc1ccc(C(F)(F)F)cc1OCc1cc(-c2cccc(CN)c2)c2oc(F)cc2c1. The lowest BCUT2D eigenvalue weighted by Crippen LogP contribution is -2.10. The summed E-state index contributed by atoms with van der Waals surface area (Å²) in [6.07, 6.45) is -4.84. The van der Waals surface area contributed by atoms with E-state index < -0.39 is 23.7 Å². The van der Waals surface area contributed by atoms with E-state index in [1.807, 2.05) is 24.3 Å². The van der Waals surface area contributed by atoms with E-state index in [0.717, 1.165) is 23.3 Å². The lowest BCUT2D eigenvalue weighted by atomic mass is 9.99. The molecule has 0 amide bonds. The number of benzene rings is 3. The molecule has 0 unspecified atom stereocenters. The van der Waals surface area contributed by atoms with Crippen LogP contribution in [0, 0.1) is 6.01 Å². The zero-order valence-corrected chi connectivity index (χ0v) is 18.6. The number of hydrogen-bond acceptors (Lipinski definition) is 5. The summed E-state index contributed by atoms with van der Waals surface area (Å²) in [4.78, 5) is 11.7. The zero-order valence-electron chi connectivity index (χ0n) is 18.6. The van der Waals surface area contributed by atoms with Crippen LogP contribution in [-0.2, 0) is 35.3 Å². The van der Waals surface area contributed by atoms with Gasteiger partial charge in [0.15, 0.2) is 0 Å². The van der Waals surface area contributed by atoms with Crippen molar-refractivity contribution in [1.29, 1.82) is 0 Å². The van der Waals surface area contributed by atoms with Crippen LogP contribution in [0.2, 0.25) is 0 Å². The molecule has 1 heterocycles. The van der Waals surface area contributed by atoms with E-state index in [-0.39, 0.29) is 24.3 Å². The number of carbonyl (C=O) groups is 1. The fourth-order valence-electron chi connectivity index (χ4n) is 3.75. The summed E-state index contributed by atoms with van der Waals surface area (Å²) in [6, 6.07) is 14.1. The molecule has 0 fully saturated rings. The zero-order chi connectivity index (χ0) is 25.2. The highest BCUT2D eigenvalue weighted by molar-refractivity contribution is 5.93. The van der Waals surface area contributed by atoms with Gasteiger partial charge in [0, 0.05) is 29.1 Å². The maximum atomic E-state index is 13.9. The topological polar surface area (TPSA) is 74.7 Å². The number of nitrogens with two attached hydrogens (primary N) is 1. The predicted octanol–water partition coefficient (Wildman–Crippen LogP) is 6.01. The average molecular weight is 487 g/mol. The minimum atomic E-state index is -4.59. The Hall–Kier alpha value is -3.85. The molecule has 4 rings (SSSR count). The Labute approximate surface area is 198 Å². The Balaban J connectivity index is 1.72. The first-order valence-electron chi connectivity index (χ1n) is 10.6. The van der Waals surface area contributed by atoms with Crippen molar-refractivity contribution < 1.29 is 36.2 Å². The van der Waals surface area contributed by atoms with Crippen LogP contribution < -0.4 is 10.5 Å². The number of fused-ring (bicyclic) bond motifs is 1. The van der Waals surface area contributed by atoms with E-state index in [1.165, 1.54) is 19.2 Å². The molecule has 0 aliphatic heterocycles. The summed E-state index contributed by atoms with van der Waals surface area (Å²) in [7, 11) is 1.19. The van der Waals surface area contributed by atoms with Crippen LogP contribution in [0.5, 0.6) is 5.75 Å². The van der Waals surface area contributed by atoms with E-state index in [4.69, 9.17) is 14.9 Å². The number of hydrogen-bond donors (Lipinski definition) is 1. The smallest absolute Gasteiger partial charge is 0.416 e. The van der Waals surface area contributed by atoms with Crippen molar-refractivity contribution in [2.75, 3.05) is 7.11 Å². The molecule has 0 saturated heterocycles. The number of alkyl halides is 3. The minimum Gasteiger partial charge on any atom is -0.489 e. The molecule has 3 aromatic carbocycles. The van der Waals surface area contributed by atoms with Crippen molar-refractivity contribution in [3.8, 4) is 16.9 Å². The van der Waals surface area contributed by atoms with Crippen molar-refractivity contribution in [3.05, 3.63) is 88.9 Å². The first-order valence-corrected chi connectivity index (χ1v) is 10.6. The first-order chi connectivity index (χ1) is 16.7. The monoisotopic (exact) mass is 487 g/mol. The molecule has 5 nitrogen and oxygen atoms in total. The van der Waals surface area contributed by atoms with E-state index in [9.17, 15) is 22.4 Å². The third-order valence-electron chi connectivity index (χ3n) is 5.47. The minimum absolute atomic E-state index is 0.102. The Morgan fingerprint density at radius 1 is 1.03 bits per heavy atom. The largest absolute Gasteiger partial charge is 0.489 e. The van der Waals surface area contributed by atoms with Crippen LogP contribution >= 0.6 is 0 Å². The van der Waals surface area contributed by atoms with Crippen LogP contribution in [0.4, 0.5) is 17.6 Å². The normalized spacial score (nSPS) is 11.6. The fraction of sp³-hybridized carbons (Fsp3) is 0.192. The van der Waals surface area contributed by atoms with Crippen LogP contribution in [0.3, 0.4) is 0 Å². The molecule has 0 aliphatic carbocycles. The van der Waals surface area contributed by atoms with Gasteiger partial charge in [-0.15, -0.1) is 0 Å². The van der Waals surface area contributed by atoms with Crippen LogP contribution in [0.1, 0.15) is 22.3 Å². The van der Waals surface area contributed by atoms with Gasteiger partial charge in [-0.1, -0.05) is 24.3 Å². The molecule has 0 bridgehead atoms. The van der Waals surface area contributed by atoms with E-state index in [2.05, 4.69) is 4.74 Å². The van der Waals surface area contributed by atoms with Crippen LogP contribution in [0.25, 0.3) is 22.1 Å². The lowest BCUT2D eigenvalue weighted by molar-refractivity contribution is -0.139. The van der Waals surface area contributed by atoms with Gasteiger partial charge in [0.25, 0.3) is 6.01 Å². The Bertz CT molecular complexity index is 1380. The molecule has 1 aromatic heterocycles. The molecular weight excluding hydrogens is 466 g/mol. The molecule has 35 heavy (non-hydrogen) atoms. The Morgan fingerprint density at radius 3 is 2.54 bits per heavy atom. The second-order valence-electron chi connectivity index (χ2n) is 7.88. The molecule has 9 heteroatoms.